The van der Waals surface area contributed by atoms with Gasteiger partial charge in [-0.1, -0.05) is 109 Å². The Labute approximate surface area is 315 Å². The Hall–Kier alpha value is -6.20. The topological polar surface area (TPSA) is 52.0 Å². The van der Waals surface area contributed by atoms with Gasteiger partial charge in [-0.05, 0) is 97.1 Å². The van der Waals surface area contributed by atoms with Gasteiger partial charge in [-0.3, -0.25) is 4.57 Å². The van der Waals surface area contributed by atoms with E-state index in [-0.39, 0.29) is 5.92 Å². The van der Waals surface area contributed by atoms with Crippen molar-refractivity contribution < 1.29 is 4.74 Å². The number of fused-ring (bicyclic) bond motifs is 7. The molecule has 3 aromatic carbocycles. The highest BCUT2D eigenvalue weighted by atomic mass is 16.5. The molecular weight excluding hydrogens is 661 g/mol. The van der Waals surface area contributed by atoms with E-state index in [9.17, 15) is 0 Å². The third kappa shape index (κ3) is 5.13. The monoisotopic (exact) mass is 700 g/mol. The molecule has 0 radical (unpaired) electrons. The fourth-order valence-electron chi connectivity index (χ4n) is 9.18. The average molecular weight is 701 g/mol. The van der Waals surface area contributed by atoms with Crippen LogP contribution in [0.1, 0.15) is 78.1 Å². The molecule has 5 nitrogen and oxygen atoms in total. The van der Waals surface area contributed by atoms with Crippen molar-refractivity contribution in [2.24, 2.45) is 0 Å². The molecule has 11 rings (SSSR count). The van der Waals surface area contributed by atoms with Crippen LogP contribution in [0.25, 0.3) is 51.8 Å². The molecule has 2 aliphatic heterocycles. The summed E-state index contributed by atoms with van der Waals surface area (Å²) in [7, 11) is 0. The van der Waals surface area contributed by atoms with Crippen LogP contribution >= 0.6 is 0 Å². The number of aromatic nitrogens is 3. The second-order valence-electron chi connectivity index (χ2n) is 15.0. The minimum atomic E-state index is 0.269. The SMILES string of the molecule is C1=Cc2c(n(-c3nc(C4=CC=C(C5=CC=C(c6ccccc6)CN5)CC4)c4c(n3)=CCCC=4)c3ccc(C4=C5Oc6ccccc6C5CC=C4)cc23)CC1. The predicted octanol–water partition coefficient (Wildman–Crippen LogP) is 9.26. The molecule has 1 N–H and O–H groups in total. The van der Waals surface area contributed by atoms with Gasteiger partial charge >= 0.3 is 0 Å². The Bertz CT molecular complexity index is 2770. The molecule has 0 saturated heterocycles. The van der Waals surface area contributed by atoms with E-state index in [4.69, 9.17) is 14.7 Å². The lowest BCUT2D eigenvalue weighted by Gasteiger charge is -2.22. The standard InChI is InChI=1S/C49H40N4O/c1-2-11-31(12-3-1)35-25-27-42(50-30-35)32-21-23-33(24-22-32)47-40-15-4-7-18-43(40)51-49(52-47)53-44-19-8-5-13-37(44)41-29-34(26-28-45(41)53)36-16-10-17-39-38-14-6-9-20-46(38)54-48(36)39/h1-3,5-6,9-16,18,20-21,23,25-29,39,50H,4,7-8,17,19,22,24,30H2. The molecule has 2 aromatic heterocycles. The van der Waals surface area contributed by atoms with Crippen molar-refractivity contribution in [1.82, 2.24) is 19.9 Å². The van der Waals surface area contributed by atoms with Crippen molar-refractivity contribution in [3.8, 4) is 11.7 Å². The van der Waals surface area contributed by atoms with Gasteiger partial charge in [0.25, 0.3) is 0 Å². The maximum Gasteiger partial charge on any atom is 0.235 e. The Balaban J connectivity index is 0.995. The molecule has 0 fully saturated rings. The summed E-state index contributed by atoms with van der Waals surface area (Å²) in [6, 6.07) is 26.0. The van der Waals surface area contributed by atoms with E-state index in [0.29, 0.717) is 0 Å². The van der Waals surface area contributed by atoms with Crippen molar-refractivity contribution >= 4 is 45.9 Å². The quantitative estimate of drug-likeness (QED) is 0.199. The van der Waals surface area contributed by atoms with Crippen LogP contribution in [0, 0.1) is 0 Å². The molecule has 1 atom stereocenters. The Morgan fingerprint density at radius 3 is 2.46 bits per heavy atom. The number of rotatable bonds is 5. The van der Waals surface area contributed by atoms with Crippen molar-refractivity contribution in [3.63, 3.8) is 0 Å². The number of hydrogen-bond acceptors (Lipinski definition) is 4. The van der Waals surface area contributed by atoms with Crippen LogP contribution in [0.5, 0.6) is 5.75 Å². The highest BCUT2D eigenvalue weighted by Crippen LogP contribution is 2.48. The maximum absolute atomic E-state index is 6.53. The lowest BCUT2D eigenvalue weighted by molar-refractivity contribution is 0.429. The second-order valence-corrected chi connectivity index (χ2v) is 15.0. The Morgan fingerprint density at radius 1 is 0.722 bits per heavy atom. The molecule has 4 heterocycles. The Morgan fingerprint density at radius 2 is 1.57 bits per heavy atom. The highest BCUT2D eigenvalue weighted by Gasteiger charge is 2.33. The van der Waals surface area contributed by atoms with E-state index in [0.717, 1.165) is 85.5 Å². The first-order valence-corrected chi connectivity index (χ1v) is 19.5. The van der Waals surface area contributed by atoms with E-state index in [1.54, 1.807) is 0 Å². The molecule has 4 aliphatic carbocycles. The van der Waals surface area contributed by atoms with Crippen LogP contribution in [-0.2, 0) is 6.42 Å². The van der Waals surface area contributed by atoms with Crippen molar-refractivity contribution in [2.45, 2.75) is 50.9 Å². The van der Waals surface area contributed by atoms with Crippen molar-refractivity contribution in [3.05, 3.63) is 177 Å². The lowest BCUT2D eigenvalue weighted by Crippen LogP contribution is -2.36. The summed E-state index contributed by atoms with van der Waals surface area (Å²) in [5.41, 5.74) is 14.8. The summed E-state index contributed by atoms with van der Waals surface area (Å²) in [5.74, 6) is 3.09. The summed E-state index contributed by atoms with van der Waals surface area (Å²) in [4.78, 5) is 10.8. The van der Waals surface area contributed by atoms with Crippen LogP contribution in [0.4, 0.5) is 0 Å². The molecule has 5 aromatic rings. The molecule has 5 heteroatoms. The number of para-hydroxylation sites is 1. The maximum atomic E-state index is 6.53. The zero-order valence-electron chi connectivity index (χ0n) is 30.2. The van der Waals surface area contributed by atoms with Gasteiger partial charge in [0.2, 0.25) is 5.95 Å². The third-order valence-corrected chi connectivity index (χ3v) is 11.9. The molecule has 0 spiro atoms. The van der Waals surface area contributed by atoms with E-state index < -0.39 is 0 Å². The van der Waals surface area contributed by atoms with Crippen molar-refractivity contribution in [1.29, 1.82) is 0 Å². The van der Waals surface area contributed by atoms with Gasteiger partial charge < -0.3 is 10.1 Å². The van der Waals surface area contributed by atoms with E-state index >= 15 is 0 Å². The number of ether oxygens (including phenoxy) is 1. The van der Waals surface area contributed by atoms with E-state index in [1.807, 2.05) is 0 Å². The first kappa shape index (κ1) is 31.3. The number of hydrogen-bond donors (Lipinski definition) is 1. The minimum absolute atomic E-state index is 0.269. The van der Waals surface area contributed by atoms with Gasteiger partial charge in [0, 0.05) is 51.2 Å². The number of nitrogens with one attached hydrogen (secondary N) is 1. The molecule has 1 unspecified atom stereocenters. The van der Waals surface area contributed by atoms with Crippen LogP contribution < -0.4 is 20.6 Å². The zero-order valence-corrected chi connectivity index (χ0v) is 30.2. The molecule has 0 saturated carbocycles. The van der Waals surface area contributed by atoms with Crippen LogP contribution in [0.3, 0.4) is 0 Å². The summed E-state index contributed by atoms with van der Waals surface area (Å²) < 4.78 is 8.88. The number of allylic oxidation sites excluding steroid dienone is 11. The summed E-state index contributed by atoms with van der Waals surface area (Å²) >= 11 is 0. The third-order valence-electron chi connectivity index (χ3n) is 11.9. The van der Waals surface area contributed by atoms with Gasteiger partial charge in [0.1, 0.15) is 11.5 Å². The fraction of sp³-hybridized carbons (Fsp3) is 0.184. The van der Waals surface area contributed by atoms with Crippen LogP contribution in [0.2, 0.25) is 0 Å². The molecule has 262 valence electrons. The van der Waals surface area contributed by atoms with Crippen molar-refractivity contribution in [2.75, 3.05) is 6.54 Å². The summed E-state index contributed by atoms with van der Waals surface area (Å²) in [6.07, 6.45) is 29.8. The number of dihydropyridines is 1. The van der Waals surface area contributed by atoms with Crippen LogP contribution in [-0.4, -0.2) is 21.1 Å². The predicted molar refractivity (Wildman–Crippen MR) is 220 cm³/mol. The van der Waals surface area contributed by atoms with Gasteiger partial charge in [0.15, 0.2) is 0 Å². The smallest absolute Gasteiger partial charge is 0.235 e. The molecule has 6 aliphatic rings. The zero-order chi connectivity index (χ0) is 35.6. The lowest BCUT2D eigenvalue weighted by atomic mass is 9.86. The summed E-state index contributed by atoms with van der Waals surface area (Å²) in [6.45, 7) is 0.835. The van der Waals surface area contributed by atoms with Gasteiger partial charge in [-0.25, -0.2) is 9.97 Å². The van der Waals surface area contributed by atoms with E-state index in [1.165, 1.54) is 66.5 Å². The number of nitrogens with zero attached hydrogens (tertiary/aromatic N) is 3. The normalized spacial score (nSPS) is 19.5. The molecule has 54 heavy (non-hydrogen) atoms. The Kier molecular flexibility index (Phi) is 7.39. The molecule has 0 bridgehead atoms. The molecule has 0 amide bonds. The largest absolute Gasteiger partial charge is 0.460 e. The van der Waals surface area contributed by atoms with E-state index in [2.05, 4.69) is 143 Å². The van der Waals surface area contributed by atoms with Gasteiger partial charge in [-0.15, -0.1) is 0 Å². The summed E-state index contributed by atoms with van der Waals surface area (Å²) in [5, 5.41) is 7.15. The van der Waals surface area contributed by atoms with Crippen LogP contribution in [0.15, 0.2) is 132 Å². The van der Waals surface area contributed by atoms with Gasteiger partial charge in [0.05, 0.1) is 16.6 Å². The first-order chi connectivity index (χ1) is 26.8. The first-order valence-electron chi connectivity index (χ1n) is 19.5. The average Bonchev–Trinajstić information content (AvgIpc) is 3.79. The fourth-order valence-corrected chi connectivity index (χ4v) is 9.18. The minimum Gasteiger partial charge on any atom is -0.460 e. The highest BCUT2D eigenvalue weighted by molar-refractivity contribution is 5.96. The van der Waals surface area contributed by atoms with Gasteiger partial charge in [-0.2, -0.15) is 0 Å². The molecular formula is C49H40N4O. The second kappa shape index (κ2) is 12.7. The number of benzene rings is 3.